The van der Waals surface area contributed by atoms with Crippen molar-refractivity contribution >= 4 is 39.8 Å². The fourth-order valence-corrected chi connectivity index (χ4v) is 4.38. The Morgan fingerprint density at radius 3 is 2.76 bits per heavy atom. The molecule has 2 aromatic carbocycles. The van der Waals surface area contributed by atoms with E-state index in [4.69, 9.17) is 21.4 Å². The lowest BCUT2D eigenvalue weighted by atomic mass is 9.76. The number of nitrogens with one attached hydrogen (secondary N) is 1. The van der Waals surface area contributed by atoms with Gasteiger partial charge in [0.25, 0.3) is 5.91 Å². The number of hydrazone groups is 1. The number of halogens is 1. The van der Waals surface area contributed by atoms with Crippen LogP contribution in [0.1, 0.15) is 18.4 Å². The van der Waals surface area contributed by atoms with E-state index in [1.54, 1.807) is 13.3 Å². The van der Waals surface area contributed by atoms with Crippen molar-refractivity contribution in [1.29, 1.82) is 0 Å². The monoisotopic (exact) mass is 406 g/mol. The Morgan fingerprint density at radius 1 is 1.14 bits per heavy atom. The van der Waals surface area contributed by atoms with E-state index < -0.39 is 0 Å². The van der Waals surface area contributed by atoms with E-state index in [1.165, 1.54) is 5.01 Å². The minimum absolute atomic E-state index is 0.0190. The average molecular weight is 407 g/mol. The number of H-pyrrole nitrogens is 1. The van der Waals surface area contributed by atoms with Gasteiger partial charge in [0.2, 0.25) is 0 Å². The summed E-state index contributed by atoms with van der Waals surface area (Å²) in [5.41, 5.74) is 3.43. The molecule has 2 atom stereocenters. The first-order valence-electron chi connectivity index (χ1n) is 9.50. The van der Waals surface area contributed by atoms with Crippen molar-refractivity contribution in [3.63, 3.8) is 0 Å². The third kappa shape index (κ3) is 3.00. The first-order chi connectivity index (χ1) is 14.2. The predicted molar refractivity (Wildman–Crippen MR) is 113 cm³/mol. The first-order valence-corrected chi connectivity index (χ1v) is 9.88. The molecule has 3 aromatic rings. The molecule has 2 unspecified atom stereocenters. The number of anilines is 1. The van der Waals surface area contributed by atoms with Gasteiger partial charge in [-0.25, -0.2) is 5.01 Å². The lowest BCUT2D eigenvalue weighted by molar-refractivity contribution is -0.123. The van der Waals surface area contributed by atoms with Crippen molar-refractivity contribution in [2.24, 2.45) is 16.9 Å². The molecule has 1 amide bonds. The molecule has 7 heteroatoms. The second-order valence-corrected chi connectivity index (χ2v) is 7.69. The topological polar surface area (TPSA) is 70.6 Å². The van der Waals surface area contributed by atoms with Gasteiger partial charge in [-0.05, 0) is 54.8 Å². The van der Waals surface area contributed by atoms with Crippen molar-refractivity contribution in [1.82, 2.24) is 10.2 Å². The Labute approximate surface area is 172 Å². The van der Waals surface area contributed by atoms with E-state index in [1.807, 2.05) is 36.4 Å². The summed E-state index contributed by atoms with van der Waals surface area (Å²) in [7, 11) is 1.59. The second-order valence-electron chi connectivity index (χ2n) is 7.28. The van der Waals surface area contributed by atoms with Gasteiger partial charge in [0.15, 0.2) is 0 Å². The number of fused-ring (bicyclic) bond motifs is 2. The number of allylic oxidation sites excluding steroid dienone is 2. The molecule has 0 bridgehead atoms. The molecule has 0 spiro atoms. The number of nitrogens with zero attached hydrogens (tertiary/aromatic N) is 3. The smallest absolute Gasteiger partial charge is 0.251 e. The summed E-state index contributed by atoms with van der Waals surface area (Å²) in [6, 6.07) is 11.4. The highest BCUT2D eigenvalue weighted by Crippen LogP contribution is 2.38. The molecule has 0 saturated carbocycles. The number of hydrogen-bond acceptors (Lipinski definition) is 4. The SMILES string of the molecule is COc1ccc(C2=NN(c3ccc4[nH]ncc4c3)C(=O)C3CC=CCC23)cc1Cl. The fourth-order valence-electron chi connectivity index (χ4n) is 4.12. The number of carbonyl (C=O) groups excluding carboxylic acids is 1. The number of rotatable bonds is 3. The van der Waals surface area contributed by atoms with Gasteiger partial charge in [-0.2, -0.15) is 10.2 Å². The molecular weight excluding hydrogens is 388 g/mol. The van der Waals surface area contributed by atoms with E-state index >= 15 is 0 Å². The molecule has 0 fully saturated rings. The van der Waals surface area contributed by atoms with E-state index in [9.17, 15) is 4.79 Å². The Morgan fingerprint density at radius 2 is 1.97 bits per heavy atom. The van der Waals surface area contributed by atoms with Crippen LogP contribution in [0.2, 0.25) is 5.02 Å². The van der Waals surface area contributed by atoms with Crippen LogP contribution in [-0.4, -0.2) is 28.9 Å². The van der Waals surface area contributed by atoms with Crippen molar-refractivity contribution in [3.05, 3.63) is 65.3 Å². The lowest BCUT2D eigenvalue weighted by Crippen LogP contribution is -2.45. The molecule has 1 aliphatic carbocycles. The van der Waals surface area contributed by atoms with Crippen LogP contribution < -0.4 is 9.75 Å². The number of amides is 1. The molecule has 0 saturated heterocycles. The van der Waals surface area contributed by atoms with Gasteiger partial charge in [0.05, 0.1) is 41.2 Å². The quantitative estimate of drug-likeness (QED) is 0.648. The van der Waals surface area contributed by atoms with E-state index in [0.717, 1.165) is 34.3 Å². The van der Waals surface area contributed by atoms with Gasteiger partial charge in [-0.3, -0.25) is 9.89 Å². The van der Waals surface area contributed by atoms with Crippen LogP contribution in [0.5, 0.6) is 5.75 Å². The zero-order valence-electron chi connectivity index (χ0n) is 15.8. The predicted octanol–water partition coefficient (Wildman–Crippen LogP) is 4.56. The Hall–Kier alpha value is -3.12. The summed E-state index contributed by atoms with van der Waals surface area (Å²) in [6.45, 7) is 0. The Bertz CT molecular complexity index is 1170. The van der Waals surface area contributed by atoms with E-state index in [2.05, 4.69) is 22.3 Å². The maximum absolute atomic E-state index is 13.3. The third-order valence-electron chi connectivity index (χ3n) is 5.63. The molecule has 2 aliphatic rings. The molecule has 0 radical (unpaired) electrons. The summed E-state index contributed by atoms with van der Waals surface area (Å²) >= 11 is 6.37. The molecular formula is C22H19ClN4O2. The Balaban J connectivity index is 1.63. The highest BCUT2D eigenvalue weighted by molar-refractivity contribution is 6.32. The van der Waals surface area contributed by atoms with Crippen LogP contribution in [0.3, 0.4) is 0 Å². The number of aromatic amines is 1. The highest BCUT2D eigenvalue weighted by Gasteiger charge is 2.40. The molecule has 1 N–H and O–H groups in total. The molecule has 29 heavy (non-hydrogen) atoms. The van der Waals surface area contributed by atoms with Crippen LogP contribution in [0.15, 0.2) is 59.8 Å². The number of hydrogen-bond donors (Lipinski definition) is 1. The second kappa shape index (κ2) is 7.04. The van der Waals surface area contributed by atoms with Crippen molar-refractivity contribution in [2.75, 3.05) is 12.1 Å². The zero-order valence-corrected chi connectivity index (χ0v) is 16.6. The Kier molecular flexibility index (Phi) is 4.36. The van der Waals surface area contributed by atoms with Gasteiger partial charge >= 0.3 is 0 Å². The molecule has 1 aliphatic heterocycles. The van der Waals surface area contributed by atoms with Gasteiger partial charge in [-0.1, -0.05) is 23.8 Å². The lowest BCUT2D eigenvalue weighted by Gasteiger charge is -2.37. The number of ether oxygens (including phenoxy) is 1. The zero-order chi connectivity index (χ0) is 20.0. The largest absolute Gasteiger partial charge is 0.495 e. The minimum atomic E-state index is -0.145. The van der Waals surface area contributed by atoms with Gasteiger partial charge < -0.3 is 4.74 Å². The highest BCUT2D eigenvalue weighted by atomic mass is 35.5. The number of benzene rings is 2. The number of carbonyl (C=O) groups is 1. The van der Waals surface area contributed by atoms with Crippen molar-refractivity contribution in [3.8, 4) is 5.75 Å². The molecule has 1 aromatic heterocycles. The van der Waals surface area contributed by atoms with Gasteiger partial charge in [0.1, 0.15) is 5.75 Å². The summed E-state index contributed by atoms with van der Waals surface area (Å²) < 4.78 is 5.28. The summed E-state index contributed by atoms with van der Waals surface area (Å²) in [5, 5.41) is 14.8. The third-order valence-corrected chi connectivity index (χ3v) is 5.93. The number of methoxy groups -OCH3 is 1. The molecule has 146 valence electrons. The fraction of sp³-hybridized carbons (Fsp3) is 0.227. The van der Waals surface area contributed by atoms with Gasteiger partial charge in [-0.15, -0.1) is 0 Å². The minimum Gasteiger partial charge on any atom is -0.495 e. The van der Waals surface area contributed by atoms with Crippen LogP contribution in [-0.2, 0) is 4.79 Å². The maximum atomic E-state index is 13.3. The summed E-state index contributed by atoms with van der Waals surface area (Å²) in [5.74, 6) is 0.523. The average Bonchev–Trinajstić information content (AvgIpc) is 3.22. The molecule has 2 heterocycles. The van der Waals surface area contributed by atoms with Crippen LogP contribution >= 0.6 is 11.6 Å². The maximum Gasteiger partial charge on any atom is 0.251 e. The van der Waals surface area contributed by atoms with Crippen LogP contribution in [0.25, 0.3) is 10.9 Å². The summed E-state index contributed by atoms with van der Waals surface area (Å²) in [6.07, 6.45) is 7.44. The van der Waals surface area contributed by atoms with Crippen molar-refractivity contribution in [2.45, 2.75) is 12.8 Å². The standard InChI is InChI=1S/C22H19ClN4O2/c1-29-20-9-6-13(11-18(20)23)21-16-4-2-3-5-17(16)22(28)27(26-21)15-7-8-19-14(10-15)12-24-25-19/h2-3,6-12,16-17H,4-5H2,1H3,(H,24,25). The normalized spacial score (nSPS) is 21.2. The van der Waals surface area contributed by atoms with Crippen LogP contribution in [0, 0.1) is 11.8 Å². The van der Waals surface area contributed by atoms with Crippen LogP contribution in [0.4, 0.5) is 5.69 Å². The van der Waals surface area contributed by atoms with E-state index in [0.29, 0.717) is 17.2 Å². The summed E-state index contributed by atoms with van der Waals surface area (Å²) in [4.78, 5) is 13.3. The molecule has 6 nitrogen and oxygen atoms in total. The molecule has 5 rings (SSSR count). The first kappa shape index (κ1) is 17.9. The van der Waals surface area contributed by atoms with E-state index in [-0.39, 0.29) is 17.7 Å². The van der Waals surface area contributed by atoms with Gasteiger partial charge in [0, 0.05) is 11.3 Å². The van der Waals surface area contributed by atoms with Crippen molar-refractivity contribution < 1.29 is 9.53 Å². The number of aromatic nitrogens is 2.